The van der Waals surface area contributed by atoms with E-state index in [4.69, 9.17) is 0 Å². The summed E-state index contributed by atoms with van der Waals surface area (Å²) in [6.45, 7) is 8.84. The van der Waals surface area contributed by atoms with Crippen molar-refractivity contribution >= 4 is 45.7 Å². The summed E-state index contributed by atoms with van der Waals surface area (Å²) in [5.74, 6) is 1.07. The van der Waals surface area contributed by atoms with Gasteiger partial charge in [-0.3, -0.25) is 9.59 Å². The first kappa shape index (κ1) is 20.8. The number of aryl methyl sites for hydroxylation is 2. The average Bonchev–Trinajstić information content (AvgIpc) is 3.24. The number of aromatic nitrogens is 2. The molecule has 1 aliphatic heterocycles. The molecule has 1 fully saturated rings. The van der Waals surface area contributed by atoms with Gasteiger partial charge in [-0.05, 0) is 49.4 Å². The Morgan fingerprint density at radius 2 is 2.11 bits per heavy atom. The van der Waals surface area contributed by atoms with Gasteiger partial charge in [0.15, 0.2) is 4.34 Å². The Bertz CT molecular complexity index is 866. The number of benzene rings is 1. The van der Waals surface area contributed by atoms with Crippen LogP contribution >= 0.6 is 23.1 Å². The second-order valence-electron chi connectivity index (χ2n) is 7.57. The van der Waals surface area contributed by atoms with Crippen molar-refractivity contribution in [2.24, 2.45) is 11.8 Å². The molecule has 1 atom stereocenters. The number of nitrogens with zero attached hydrogens (tertiary/aromatic N) is 3. The molecule has 2 aromatic rings. The smallest absolute Gasteiger partial charge is 0.231 e. The predicted molar refractivity (Wildman–Crippen MR) is 115 cm³/mol. The predicted octanol–water partition coefficient (Wildman–Crippen LogP) is 4.28. The molecular formula is C20H26N4O2S2. The van der Waals surface area contributed by atoms with Gasteiger partial charge in [-0.2, -0.15) is 0 Å². The van der Waals surface area contributed by atoms with Crippen LogP contribution < -0.4 is 10.2 Å². The van der Waals surface area contributed by atoms with Crippen LogP contribution in [0.1, 0.15) is 37.8 Å². The lowest BCUT2D eigenvalue weighted by Gasteiger charge is -2.17. The Kier molecular flexibility index (Phi) is 6.72. The second-order valence-corrected chi connectivity index (χ2v) is 9.89. The molecule has 1 aromatic carbocycles. The number of carbonyl (C=O) groups is 2. The monoisotopic (exact) mass is 418 g/mol. The third-order valence-electron chi connectivity index (χ3n) is 4.86. The number of thioether (sulfide) groups is 1. The normalized spacial score (nSPS) is 16.8. The molecular weight excluding hydrogens is 392 g/mol. The van der Waals surface area contributed by atoms with Crippen LogP contribution in [0.4, 0.5) is 10.8 Å². The fourth-order valence-electron chi connectivity index (χ4n) is 2.93. The highest BCUT2D eigenvalue weighted by Crippen LogP contribution is 2.30. The minimum atomic E-state index is -0.380. The number of nitrogens with one attached hydrogen (secondary N) is 1. The van der Waals surface area contributed by atoms with Gasteiger partial charge in [0.1, 0.15) is 0 Å². The van der Waals surface area contributed by atoms with Crippen molar-refractivity contribution in [1.82, 2.24) is 10.2 Å². The van der Waals surface area contributed by atoms with E-state index in [1.165, 1.54) is 16.9 Å². The van der Waals surface area contributed by atoms with E-state index in [0.29, 0.717) is 17.6 Å². The van der Waals surface area contributed by atoms with Crippen molar-refractivity contribution in [2.75, 3.05) is 22.5 Å². The standard InChI is InChI=1S/C20H26N4O2S2/c1-12(2)7-8-27-20-23-22-19(28-20)21-18(26)15-10-17(25)24(11-15)16-6-5-13(3)14(4)9-16/h5-6,9,12,15H,7-8,10-11H2,1-4H3,(H,21,22,26)/t15-/m1/s1. The third kappa shape index (κ3) is 5.11. The molecule has 8 heteroatoms. The van der Waals surface area contributed by atoms with Crippen molar-refractivity contribution in [3.05, 3.63) is 29.3 Å². The van der Waals surface area contributed by atoms with Gasteiger partial charge in [-0.25, -0.2) is 0 Å². The van der Waals surface area contributed by atoms with Crippen LogP contribution in [0.3, 0.4) is 0 Å². The molecule has 6 nitrogen and oxygen atoms in total. The number of rotatable bonds is 7. The van der Waals surface area contributed by atoms with E-state index >= 15 is 0 Å². The molecule has 0 aliphatic carbocycles. The van der Waals surface area contributed by atoms with Crippen LogP contribution in [-0.2, 0) is 9.59 Å². The van der Waals surface area contributed by atoms with Crippen LogP contribution in [0.5, 0.6) is 0 Å². The third-order valence-corrected chi connectivity index (χ3v) is 6.86. The van der Waals surface area contributed by atoms with Crippen molar-refractivity contribution < 1.29 is 9.59 Å². The molecule has 1 aromatic heterocycles. The van der Waals surface area contributed by atoms with Crippen molar-refractivity contribution in [1.29, 1.82) is 0 Å². The summed E-state index contributed by atoms with van der Waals surface area (Å²) in [5, 5.41) is 11.5. The van der Waals surface area contributed by atoms with E-state index in [2.05, 4.69) is 29.4 Å². The first-order valence-corrected chi connectivity index (χ1v) is 11.3. The fraction of sp³-hybridized carbons (Fsp3) is 0.500. The highest BCUT2D eigenvalue weighted by Gasteiger charge is 2.35. The summed E-state index contributed by atoms with van der Waals surface area (Å²) >= 11 is 3.04. The lowest BCUT2D eigenvalue weighted by Crippen LogP contribution is -2.28. The van der Waals surface area contributed by atoms with Crippen LogP contribution in [0, 0.1) is 25.7 Å². The molecule has 28 heavy (non-hydrogen) atoms. The number of hydrogen-bond donors (Lipinski definition) is 1. The number of amides is 2. The first-order chi connectivity index (χ1) is 13.3. The first-order valence-electron chi connectivity index (χ1n) is 9.48. The van der Waals surface area contributed by atoms with Gasteiger partial charge in [-0.15, -0.1) is 10.2 Å². The Morgan fingerprint density at radius 3 is 2.82 bits per heavy atom. The number of hydrogen-bond acceptors (Lipinski definition) is 6. The van der Waals surface area contributed by atoms with Crippen LogP contribution in [-0.4, -0.2) is 34.3 Å². The lowest BCUT2D eigenvalue weighted by atomic mass is 10.1. The topological polar surface area (TPSA) is 75.2 Å². The molecule has 3 rings (SSSR count). The Hall–Kier alpha value is -1.93. The largest absolute Gasteiger partial charge is 0.312 e. The number of carbonyl (C=O) groups excluding carboxylic acids is 2. The summed E-state index contributed by atoms with van der Waals surface area (Å²) in [5.41, 5.74) is 3.17. The zero-order chi connectivity index (χ0) is 20.3. The van der Waals surface area contributed by atoms with E-state index in [1.807, 2.05) is 32.0 Å². The molecule has 0 bridgehead atoms. The van der Waals surface area contributed by atoms with Gasteiger partial charge in [0.2, 0.25) is 16.9 Å². The Balaban J connectivity index is 1.57. The minimum absolute atomic E-state index is 0.0226. The summed E-state index contributed by atoms with van der Waals surface area (Å²) in [6, 6.07) is 5.94. The highest BCUT2D eigenvalue weighted by molar-refractivity contribution is 8.01. The molecule has 1 aliphatic rings. The van der Waals surface area contributed by atoms with Gasteiger partial charge in [0.05, 0.1) is 5.92 Å². The van der Waals surface area contributed by atoms with Gasteiger partial charge in [-0.1, -0.05) is 43.0 Å². The molecule has 0 spiro atoms. The van der Waals surface area contributed by atoms with Gasteiger partial charge < -0.3 is 10.2 Å². The second kappa shape index (κ2) is 9.05. The maximum absolute atomic E-state index is 12.6. The van der Waals surface area contributed by atoms with Crippen LogP contribution in [0.15, 0.2) is 22.5 Å². The molecule has 0 radical (unpaired) electrons. The molecule has 150 valence electrons. The zero-order valence-corrected chi connectivity index (χ0v) is 18.3. The molecule has 2 amide bonds. The Morgan fingerprint density at radius 1 is 1.32 bits per heavy atom. The van der Waals surface area contributed by atoms with Gasteiger partial charge in [0.25, 0.3) is 0 Å². The van der Waals surface area contributed by atoms with Gasteiger partial charge in [0, 0.05) is 24.4 Å². The quantitative estimate of drug-likeness (QED) is 0.536. The van der Waals surface area contributed by atoms with E-state index in [0.717, 1.165) is 27.8 Å². The van der Waals surface area contributed by atoms with Gasteiger partial charge >= 0.3 is 0 Å². The van der Waals surface area contributed by atoms with Crippen molar-refractivity contribution in [2.45, 2.75) is 44.9 Å². The summed E-state index contributed by atoms with van der Waals surface area (Å²) in [7, 11) is 0. The maximum atomic E-state index is 12.6. The minimum Gasteiger partial charge on any atom is -0.312 e. The SMILES string of the molecule is Cc1ccc(N2C[C@H](C(=O)Nc3nnc(SCCC(C)C)s3)CC2=O)cc1C. The Labute approximate surface area is 174 Å². The van der Waals surface area contributed by atoms with Crippen LogP contribution in [0.25, 0.3) is 0 Å². The van der Waals surface area contributed by atoms with E-state index in [9.17, 15) is 9.59 Å². The van der Waals surface area contributed by atoms with E-state index in [-0.39, 0.29) is 24.2 Å². The summed E-state index contributed by atoms with van der Waals surface area (Å²) < 4.78 is 0.857. The van der Waals surface area contributed by atoms with E-state index < -0.39 is 0 Å². The maximum Gasteiger partial charge on any atom is 0.231 e. The molecule has 0 saturated carbocycles. The number of anilines is 2. The summed E-state index contributed by atoms with van der Waals surface area (Å²) in [4.78, 5) is 26.7. The lowest BCUT2D eigenvalue weighted by molar-refractivity contribution is -0.122. The molecule has 1 N–H and O–H groups in total. The average molecular weight is 419 g/mol. The van der Waals surface area contributed by atoms with Crippen LogP contribution in [0.2, 0.25) is 0 Å². The van der Waals surface area contributed by atoms with E-state index in [1.54, 1.807) is 16.7 Å². The zero-order valence-electron chi connectivity index (χ0n) is 16.7. The van der Waals surface area contributed by atoms with Crippen molar-refractivity contribution in [3.63, 3.8) is 0 Å². The van der Waals surface area contributed by atoms with Crippen molar-refractivity contribution in [3.8, 4) is 0 Å². The molecule has 2 heterocycles. The highest BCUT2D eigenvalue weighted by atomic mass is 32.2. The fourth-order valence-corrected chi connectivity index (χ4v) is 5.00. The molecule has 0 unspecified atom stereocenters. The molecule has 1 saturated heterocycles. The summed E-state index contributed by atoms with van der Waals surface area (Å²) in [6.07, 6.45) is 1.33.